The highest BCUT2D eigenvalue weighted by Gasteiger charge is 2.20. The first kappa shape index (κ1) is 18.5. The Labute approximate surface area is 132 Å². The summed E-state index contributed by atoms with van der Waals surface area (Å²) in [5.74, 6) is 0. The lowest BCUT2D eigenvalue weighted by Gasteiger charge is -2.25. The van der Waals surface area contributed by atoms with Crippen LogP contribution in [0.5, 0.6) is 0 Å². The fourth-order valence-electron chi connectivity index (χ4n) is 2.93. The van der Waals surface area contributed by atoms with E-state index in [4.69, 9.17) is 0 Å². The second kappa shape index (κ2) is 11.1. The highest BCUT2D eigenvalue weighted by atomic mass is 16.3. The lowest BCUT2D eigenvalue weighted by atomic mass is 9.82. The number of hydrogen-bond acceptors (Lipinski definition) is 1. The predicted octanol–water partition coefficient (Wildman–Crippen LogP) is 6.18. The molecule has 0 radical (unpaired) electrons. The SMILES string of the molecule is CCCCCCCCCCCCC1=CCC(C)(CO)C=C1. The van der Waals surface area contributed by atoms with Crippen LogP contribution in [0.15, 0.2) is 23.8 Å². The van der Waals surface area contributed by atoms with Gasteiger partial charge in [0.1, 0.15) is 0 Å². The molecule has 0 bridgehead atoms. The summed E-state index contributed by atoms with van der Waals surface area (Å²) in [6.07, 6.45) is 23.0. The molecule has 1 nitrogen and oxygen atoms in total. The van der Waals surface area contributed by atoms with E-state index < -0.39 is 0 Å². The number of rotatable bonds is 12. The highest BCUT2D eigenvalue weighted by Crippen LogP contribution is 2.30. The summed E-state index contributed by atoms with van der Waals surface area (Å²) >= 11 is 0. The minimum absolute atomic E-state index is 0.0126. The average Bonchev–Trinajstić information content (AvgIpc) is 2.51. The Morgan fingerprint density at radius 2 is 1.52 bits per heavy atom. The van der Waals surface area contributed by atoms with Gasteiger partial charge in [0, 0.05) is 5.41 Å². The van der Waals surface area contributed by atoms with Crippen molar-refractivity contribution >= 4 is 0 Å². The summed E-state index contributed by atoms with van der Waals surface area (Å²) < 4.78 is 0. The third kappa shape index (κ3) is 8.46. The van der Waals surface area contributed by atoms with Gasteiger partial charge in [-0.05, 0) is 19.3 Å². The zero-order valence-electron chi connectivity index (χ0n) is 14.4. The minimum atomic E-state index is -0.0126. The zero-order valence-corrected chi connectivity index (χ0v) is 14.4. The molecule has 0 fully saturated rings. The van der Waals surface area contributed by atoms with Crippen molar-refractivity contribution in [2.75, 3.05) is 6.61 Å². The van der Waals surface area contributed by atoms with Crippen LogP contribution in [0.4, 0.5) is 0 Å². The first-order valence-electron chi connectivity index (χ1n) is 9.19. The number of unbranched alkanes of at least 4 members (excludes halogenated alkanes) is 9. The van der Waals surface area contributed by atoms with E-state index in [1.807, 2.05) is 0 Å². The maximum Gasteiger partial charge on any atom is 0.0522 e. The zero-order chi connectivity index (χ0) is 15.4. The van der Waals surface area contributed by atoms with E-state index in [9.17, 15) is 5.11 Å². The van der Waals surface area contributed by atoms with Crippen LogP contribution in [0, 0.1) is 5.41 Å². The van der Waals surface area contributed by atoms with Gasteiger partial charge >= 0.3 is 0 Å². The molecule has 0 aromatic heterocycles. The Morgan fingerprint density at radius 3 is 2.00 bits per heavy atom. The largest absolute Gasteiger partial charge is 0.395 e. The number of aliphatic hydroxyl groups is 1. The molecule has 1 N–H and O–H groups in total. The molecule has 0 amide bonds. The molecule has 1 aliphatic rings. The Balaban J connectivity index is 1.93. The Kier molecular flexibility index (Phi) is 9.74. The van der Waals surface area contributed by atoms with Crippen LogP contribution in [0.1, 0.15) is 90.9 Å². The minimum Gasteiger partial charge on any atom is -0.395 e. The van der Waals surface area contributed by atoms with Crippen LogP contribution in [-0.4, -0.2) is 11.7 Å². The molecule has 1 rings (SSSR count). The number of allylic oxidation sites excluding steroid dienone is 3. The average molecular weight is 293 g/mol. The van der Waals surface area contributed by atoms with E-state index in [2.05, 4.69) is 32.1 Å². The van der Waals surface area contributed by atoms with Gasteiger partial charge in [-0.25, -0.2) is 0 Å². The summed E-state index contributed by atoms with van der Waals surface area (Å²) in [5.41, 5.74) is 1.46. The van der Waals surface area contributed by atoms with Gasteiger partial charge in [0.25, 0.3) is 0 Å². The van der Waals surface area contributed by atoms with E-state index in [-0.39, 0.29) is 12.0 Å². The molecule has 21 heavy (non-hydrogen) atoms. The summed E-state index contributed by atoms with van der Waals surface area (Å²) in [5, 5.41) is 9.32. The molecule has 0 aliphatic heterocycles. The fraction of sp³-hybridized carbons (Fsp3) is 0.800. The molecule has 1 aliphatic carbocycles. The molecule has 0 aromatic carbocycles. The quantitative estimate of drug-likeness (QED) is 0.426. The Bertz CT molecular complexity index is 316. The van der Waals surface area contributed by atoms with Crippen molar-refractivity contribution in [2.45, 2.75) is 90.9 Å². The lowest BCUT2D eigenvalue weighted by molar-refractivity contribution is 0.185. The van der Waals surface area contributed by atoms with Crippen LogP contribution in [0.3, 0.4) is 0 Å². The van der Waals surface area contributed by atoms with Crippen molar-refractivity contribution in [3.8, 4) is 0 Å². The van der Waals surface area contributed by atoms with Crippen molar-refractivity contribution in [2.24, 2.45) is 5.41 Å². The van der Waals surface area contributed by atoms with E-state index in [0.717, 1.165) is 6.42 Å². The van der Waals surface area contributed by atoms with Crippen molar-refractivity contribution in [3.63, 3.8) is 0 Å². The molecule has 0 saturated heterocycles. The maximum absolute atomic E-state index is 9.32. The first-order valence-corrected chi connectivity index (χ1v) is 9.19. The second-order valence-corrected chi connectivity index (χ2v) is 7.06. The topological polar surface area (TPSA) is 20.2 Å². The molecule has 1 atom stereocenters. The third-order valence-electron chi connectivity index (χ3n) is 4.71. The molecule has 1 heteroatoms. The van der Waals surface area contributed by atoms with E-state index >= 15 is 0 Å². The van der Waals surface area contributed by atoms with Gasteiger partial charge < -0.3 is 5.11 Å². The van der Waals surface area contributed by atoms with Gasteiger partial charge in [-0.2, -0.15) is 0 Å². The smallest absolute Gasteiger partial charge is 0.0522 e. The van der Waals surface area contributed by atoms with Gasteiger partial charge in [-0.1, -0.05) is 95.4 Å². The second-order valence-electron chi connectivity index (χ2n) is 7.06. The van der Waals surface area contributed by atoms with Crippen molar-refractivity contribution in [1.29, 1.82) is 0 Å². The number of aliphatic hydroxyl groups excluding tert-OH is 1. The van der Waals surface area contributed by atoms with Crippen LogP contribution in [0.25, 0.3) is 0 Å². The molecular formula is C20H36O. The fourth-order valence-corrected chi connectivity index (χ4v) is 2.93. The van der Waals surface area contributed by atoms with Crippen LogP contribution >= 0.6 is 0 Å². The van der Waals surface area contributed by atoms with Crippen molar-refractivity contribution < 1.29 is 5.11 Å². The highest BCUT2D eigenvalue weighted by molar-refractivity contribution is 5.26. The Hall–Kier alpha value is -0.560. The standard InChI is InChI=1S/C20H36O/c1-3-4-5-6-7-8-9-10-11-12-13-19-14-16-20(2,18-21)17-15-19/h14-16,21H,3-13,17-18H2,1-2H3. The third-order valence-corrected chi connectivity index (χ3v) is 4.71. The summed E-state index contributed by atoms with van der Waals surface area (Å²) in [7, 11) is 0. The molecule has 1 unspecified atom stereocenters. The maximum atomic E-state index is 9.32. The first-order chi connectivity index (χ1) is 10.2. The molecule has 0 saturated carbocycles. The number of hydrogen-bond donors (Lipinski definition) is 1. The summed E-state index contributed by atoms with van der Waals surface area (Å²) in [6, 6.07) is 0. The lowest BCUT2D eigenvalue weighted by Crippen LogP contribution is -2.19. The van der Waals surface area contributed by atoms with Gasteiger partial charge in [0.15, 0.2) is 0 Å². The molecule has 122 valence electrons. The van der Waals surface area contributed by atoms with E-state index in [0.29, 0.717) is 0 Å². The van der Waals surface area contributed by atoms with Crippen molar-refractivity contribution in [3.05, 3.63) is 23.8 Å². The van der Waals surface area contributed by atoms with Crippen molar-refractivity contribution in [1.82, 2.24) is 0 Å². The normalized spacial score (nSPS) is 21.6. The monoisotopic (exact) mass is 292 g/mol. The molecular weight excluding hydrogens is 256 g/mol. The van der Waals surface area contributed by atoms with Gasteiger partial charge in [-0.3, -0.25) is 0 Å². The molecule has 0 aromatic rings. The van der Waals surface area contributed by atoms with Crippen LogP contribution in [0.2, 0.25) is 0 Å². The van der Waals surface area contributed by atoms with Gasteiger partial charge in [0.2, 0.25) is 0 Å². The van der Waals surface area contributed by atoms with E-state index in [1.54, 1.807) is 0 Å². The van der Waals surface area contributed by atoms with E-state index in [1.165, 1.54) is 76.2 Å². The van der Waals surface area contributed by atoms with Crippen LogP contribution in [-0.2, 0) is 0 Å². The summed E-state index contributed by atoms with van der Waals surface area (Å²) in [6.45, 7) is 4.66. The van der Waals surface area contributed by atoms with Crippen LogP contribution < -0.4 is 0 Å². The predicted molar refractivity (Wildman–Crippen MR) is 93.5 cm³/mol. The van der Waals surface area contributed by atoms with Gasteiger partial charge in [-0.15, -0.1) is 0 Å². The molecule has 0 spiro atoms. The molecule has 0 heterocycles. The Morgan fingerprint density at radius 1 is 0.952 bits per heavy atom. The summed E-state index contributed by atoms with van der Waals surface area (Å²) in [4.78, 5) is 0. The van der Waals surface area contributed by atoms with Gasteiger partial charge in [0.05, 0.1) is 6.61 Å².